The van der Waals surface area contributed by atoms with Crippen molar-refractivity contribution in [1.82, 2.24) is 10.2 Å². The van der Waals surface area contributed by atoms with E-state index in [1.54, 1.807) is 24.3 Å². The van der Waals surface area contributed by atoms with Gasteiger partial charge >= 0.3 is 0 Å². The molecule has 0 aromatic heterocycles. The summed E-state index contributed by atoms with van der Waals surface area (Å²) >= 11 is 0. The number of carbonyl (C=O) groups excluding carboxylic acids is 3. The first kappa shape index (κ1) is 20.1. The Labute approximate surface area is 157 Å². The second-order valence-electron chi connectivity index (χ2n) is 5.86. The summed E-state index contributed by atoms with van der Waals surface area (Å²) in [7, 11) is 2.70. The second-order valence-corrected chi connectivity index (χ2v) is 5.86. The van der Waals surface area contributed by atoms with Gasteiger partial charge in [0.05, 0.1) is 0 Å². The predicted molar refractivity (Wildman–Crippen MR) is 99.3 cm³/mol. The first-order chi connectivity index (χ1) is 13.0. The van der Waals surface area contributed by atoms with Gasteiger partial charge in [0.15, 0.2) is 11.8 Å². The number of rotatable bonds is 8. The minimum Gasteiger partial charge on any atom is -0.489 e. The lowest BCUT2D eigenvalue weighted by atomic mass is 10.1. The van der Waals surface area contributed by atoms with Crippen LogP contribution in [0.1, 0.15) is 15.9 Å². The molecule has 0 saturated carbocycles. The Morgan fingerprint density at radius 2 is 1.70 bits per heavy atom. The maximum absolute atomic E-state index is 12.6. The van der Waals surface area contributed by atoms with Crippen LogP contribution in [0.4, 0.5) is 0 Å². The third-order valence-electron chi connectivity index (χ3n) is 4.01. The number of likely N-dealkylation sites (N-methyl/N-ethyl adjacent to an activating group) is 2. The number of ether oxygens (including phenoxy) is 1. The van der Waals surface area contributed by atoms with Gasteiger partial charge in [-0.25, -0.2) is 0 Å². The summed E-state index contributed by atoms with van der Waals surface area (Å²) in [4.78, 5) is 37.3. The minimum absolute atomic E-state index is 0.296. The van der Waals surface area contributed by atoms with Gasteiger partial charge in [0.2, 0.25) is 5.91 Å². The largest absolute Gasteiger partial charge is 0.489 e. The van der Waals surface area contributed by atoms with E-state index in [1.165, 1.54) is 14.1 Å². The van der Waals surface area contributed by atoms with Crippen molar-refractivity contribution in [2.45, 2.75) is 12.6 Å². The summed E-state index contributed by atoms with van der Waals surface area (Å²) in [6.45, 7) is -0.431. The topological polar surface area (TPSA) is 95.9 Å². The Bertz CT molecular complexity index is 774. The van der Waals surface area contributed by atoms with Crippen LogP contribution in [0.2, 0.25) is 0 Å². The lowest BCUT2D eigenvalue weighted by Crippen LogP contribution is -2.52. The normalized spacial score (nSPS) is 11.4. The van der Waals surface area contributed by atoms with Crippen molar-refractivity contribution in [3.63, 3.8) is 0 Å². The lowest BCUT2D eigenvalue weighted by molar-refractivity contribution is -0.135. The maximum atomic E-state index is 12.6. The van der Waals surface area contributed by atoms with E-state index in [0.29, 0.717) is 17.9 Å². The van der Waals surface area contributed by atoms with Crippen molar-refractivity contribution in [3.8, 4) is 5.75 Å². The summed E-state index contributed by atoms with van der Waals surface area (Å²) in [5.74, 6) is -1.34. The van der Waals surface area contributed by atoms with Crippen molar-refractivity contribution in [1.29, 1.82) is 0 Å². The highest BCUT2D eigenvalue weighted by molar-refractivity contribution is 6.10. The number of nitrogens with zero attached hydrogens (tertiary/aromatic N) is 1. The lowest BCUT2D eigenvalue weighted by Gasteiger charge is -2.25. The van der Waals surface area contributed by atoms with Crippen molar-refractivity contribution in [2.75, 3.05) is 20.7 Å². The molecule has 1 unspecified atom stereocenters. The molecule has 2 rings (SSSR count). The molecule has 7 heteroatoms. The Balaban J connectivity index is 2.07. The van der Waals surface area contributed by atoms with Crippen LogP contribution in [0.15, 0.2) is 54.6 Å². The van der Waals surface area contributed by atoms with Gasteiger partial charge in [-0.2, -0.15) is 0 Å². The fourth-order valence-electron chi connectivity index (χ4n) is 2.52. The molecule has 7 nitrogen and oxygen atoms in total. The van der Waals surface area contributed by atoms with Crippen LogP contribution in [0.3, 0.4) is 0 Å². The van der Waals surface area contributed by atoms with E-state index >= 15 is 0 Å². The van der Waals surface area contributed by atoms with Crippen LogP contribution < -0.4 is 10.1 Å². The molecule has 1 atom stereocenters. The van der Waals surface area contributed by atoms with Gasteiger partial charge in [-0.1, -0.05) is 30.3 Å². The Kier molecular flexibility index (Phi) is 7.08. The Morgan fingerprint density at radius 3 is 2.26 bits per heavy atom. The third-order valence-corrected chi connectivity index (χ3v) is 4.01. The number of benzene rings is 2. The number of ketones is 1. The average Bonchev–Trinajstić information content (AvgIpc) is 2.72. The van der Waals surface area contributed by atoms with Crippen LogP contribution in [0.25, 0.3) is 0 Å². The molecule has 0 heterocycles. The molecule has 0 aliphatic carbocycles. The second kappa shape index (κ2) is 9.49. The highest BCUT2D eigenvalue weighted by Gasteiger charge is 2.32. The highest BCUT2D eigenvalue weighted by Crippen LogP contribution is 2.16. The van der Waals surface area contributed by atoms with E-state index in [-0.39, 0.29) is 0 Å². The molecule has 2 amide bonds. The number of nitrogens with one attached hydrogen (secondary N) is 1. The van der Waals surface area contributed by atoms with Crippen LogP contribution in [0, 0.1) is 0 Å². The molecule has 2 aromatic rings. The molecule has 2 aromatic carbocycles. The summed E-state index contributed by atoms with van der Waals surface area (Å²) in [5.41, 5.74) is 1.32. The summed E-state index contributed by atoms with van der Waals surface area (Å²) < 4.78 is 5.67. The van der Waals surface area contributed by atoms with Gasteiger partial charge in [0, 0.05) is 19.7 Å². The Hall–Kier alpha value is -3.19. The summed E-state index contributed by atoms with van der Waals surface area (Å²) in [5, 5.41) is 11.4. The monoisotopic (exact) mass is 370 g/mol. The highest BCUT2D eigenvalue weighted by atomic mass is 16.5. The van der Waals surface area contributed by atoms with E-state index in [2.05, 4.69) is 5.32 Å². The van der Waals surface area contributed by atoms with E-state index in [9.17, 15) is 14.4 Å². The fourth-order valence-corrected chi connectivity index (χ4v) is 2.52. The van der Waals surface area contributed by atoms with Crippen molar-refractivity contribution in [2.24, 2.45) is 0 Å². The number of hydrogen-bond acceptors (Lipinski definition) is 5. The Morgan fingerprint density at radius 1 is 1.07 bits per heavy atom. The summed E-state index contributed by atoms with van der Waals surface area (Å²) in [6.07, 6.45) is 0. The predicted octanol–water partition coefficient (Wildman–Crippen LogP) is 1.01. The molecular formula is C20H22N2O5. The molecule has 0 fully saturated rings. The SMILES string of the molecule is CNC(=O)C(C(=O)CO)N(C)C(=O)c1ccc(OCc2ccccc2)cc1. The number of hydrogen-bond donors (Lipinski definition) is 2. The van der Waals surface area contributed by atoms with Crippen molar-refractivity contribution in [3.05, 3.63) is 65.7 Å². The molecule has 0 saturated heterocycles. The molecule has 0 spiro atoms. The van der Waals surface area contributed by atoms with Crippen LogP contribution in [-0.2, 0) is 16.2 Å². The first-order valence-electron chi connectivity index (χ1n) is 8.37. The van der Waals surface area contributed by atoms with Gasteiger partial charge in [0.1, 0.15) is 19.0 Å². The van der Waals surface area contributed by atoms with E-state index in [1.807, 2.05) is 30.3 Å². The van der Waals surface area contributed by atoms with Gasteiger partial charge in [-0.3, -0.25) is 14.4 Å². The molecule has 0 bridgehead atoms. The quantitative estimate of drug-likeness (QED) is 0.676. The van der Waals surface area contributed by atoms with Gasteiger partial charge in [-0.15, -0.1) is 0 Å². The molecule has 0 radical (unpaired) electrons. The maximum Gasteiger partial charge on any atom is 0.254 e. The number of carbonyl (C=O) groups is 3. The van der Waals surface area contributed by atoms with Crippen LogP contribution in [-0.4, -0.2) is 54.3 Å². The number of amides is 2. The first-order valence-corrected chi connectivity index (χ1v) is 8.37. The van der Waals surface area contributed by atoms with Gasteiger partial charge in [0.25, 0.3) is 5.91 Å². The van der Waals surface area contributed by atoms with Crippen LogP contribution >= 0.6 is 0 Å². The third kappa shape index (κ3) is 5.15. The van der Waals surface area contributed by atoms with Crippen molar-refractivity contribution < 1.29 is 24.2 Å². The summed E-state index contributed by atoms with van der Waals surface area (Å²) in [6, 6.07) is 14.7. The van der Waals surface area contributed by atoms with Crippen LogP contribution in [0.5, 0.6) is 5.75 Å². The number of Topliss-reactive ketones (excluding diaryl/α,β-unsaturated/α-hetero) is 1. The van der Waals surface area contributed by atoms with E-state index < -0.39 is 30.2 Å². The molecule has 27 heavy (non-hydrogen) atoms. The van der Waals surface area contributed by atoms with E-state index in [4.69, 9.17) is 9.84 Å². The van der Waals surface area contributed by atoms with Gasteiger partial charge < -0.3 is 20.1 Å². The fraction of sp³-hybridized carbons (Fsp3) is 0.250. The molecule has 0 aliphatic heterocycles. The zero-order valence-electron chi connectivity index (χ0n) is 15.2. The van der Waals surface area contributed by atoms with E-state index in [0.717, 1.165) is 10.5 Å². The van der Waals surface area contributed by atoms with Crippen molar-refractivity contribution >= 4 is 17.6 Å². The number of aliphatic hydroxyl groups excluding tert-OH is 1. The minimum atomic E-state index is -1.39. The molecular weight excluding hydrogens is 348 g/mol. The smallest absolute Gasteiger partial charge is 0.254 e. The molecule has 0 aliphatic rings. The average molecular weight is 370 g/mol. The zero-order valence-corrected chi connectivity index (χ0v) is 15.2. The zero-order chi connectivity index (χ0) is 19.8. The molecule has 2 N–H and O–H groups in total. The standard InChI is InChI=1S/C20H22N2O5/c1-21-19(25)18(17(24)12-23)22(2)20(26)15-8-10-16(11-9-15)27-13-14-6-4-3-5-7-14/h3-11,18,23H,12-13H2,1-2H3,(H,21,25). The van der Waals surface area contributed by atoms with Gasteiger partial charge in [-0.05, 0) is 29.8 Å². The number of aliphatic hydroxyl groups is 1. The molecule has 142 valence electrons.